The van der Waals surface area contributed by atoms with Crippen molar-refractivity contribution in [3.63, 3.8) is 0 Å². The summed E-state index contributed by atoms with van der Waals surface area (Å²) in [6.45, 7) is 2.51. The topological polar surface area (TPSA) is 84.4 Å². The number of hydrogen-bond acceptors (Lipinski definition) is 5. The number of rotatable bonds is 5. The fraction of sp³-hybridized carbons (Fsp3) is 0.400. The van der Waals surface area contributed by atoms with Crippen molar-refractivity contribution >= 4 is 17.5 Å². The van der Waals surface area contributed by atoms with Gasteiger partial charge in [-0.05, 0) is 38.3 Å². The molecule has 2 aromatic rings. The highest BCUT2D eigenvalue weighted by Gasteiger charge is 2.30. The van der Waals surface area contributed by atoms with Gasteiger partial charge in [-0.2, -0.15) is 0 Å². The first-order chi connectivity index (χ1) is 13.1. The van der Waals surface area contributed by atoms with Crippen LogP contribution in [-0.4, -0.2) is 46.9 Å². The Labute approximate surface area is 158 Å². The van der Waals surface area contributed by atoms with Gasteiger partial charge in [0.25, 0.3) is 5.91 Å². The Morgan fingerprint density at radius 1 is 1.26 bits per heavy atom. The molecule has 0 radical (unpaired) electrons. The summed E-state index contributed by atoms with van der Waals surface area (Å²) >= 11 is 0. The van der Waals surface area contributed by atoms with Crippen LogP contribution in [0.2, 0.25) is 0 Å². The number of aromatic nitrogens is 2. The van der Waals surface area contributed by atoms with Gasteiger partial charge < -0.3 is 15.0 Å². The van der Waals surface area contributed by atoms with E-state index in [1.807, 2.05) is 30.3 Å². The molecule has 7 nitrogen and oxygen atoms in total. The van der Waals surface area contributed by atoms with Crippen LogP contribution < -0.4 is 5.32 Å². The lowest BCUT2D eigenvalue weighted by molar-refractivity contribution is -0.139. The number of benzene rings is 1. The molecule has 7 heteroatoms. The molecule has 1 fully saturated rings. The van der Waals surface area contributed by atoms with Crippen molar-refractivity contribution in [1.82, 2.24) is 14.9 Å². The van der Waals surface area contributed by atoms with E-state index in [9.17, 15) is 9.59 Å². The average Bonchev–Trinajstić information content (AvgIpc) is 2.68. The van der Waals surface area contributed by atoms with Gasteiger partial charge in [0, 0.05) is 25.5 Å². The van der Waals surface area contributed by atoms with Gasteiger partial charge in [0.15, 0.2) is 5.82 Å². The van der Waals surface area contributed by atoms with Crippen molar-refractivity contribution in [3.05, 3.63) is 53.6 Å². The van der Waals surface area contributed by atoms with E-state index in [1.165, 1.54) is 7.11 Å². The molecule has 1 unspecified atom stereocenters. The molecule has 1 aromatic carbocycles. The predicted octanol–water partition coefficient (Wildman–Crippen LogP) is 2.74. The molecule has 2 heterocycles. The van der Waals surface area contributed by atoms with Gasteiger partial charge in [0.2, 0.25) is 5.91 Å². The number of hydrogen-bond donors (Lipinski definition) is 1. The van der Waals surface area contributed by atoms with Crippen molar-refractivity contribution < 1.29 is 14.3 Å². The Kier molecular flexibility index (Phi) is 6.13. The number of likely N-dealkylation sites (tertiary alicyclic amines) is 1. The summed E-state index contributed by atoms with van der Waals surface area (Å²) in [5.74, 6) is 0.267. The molecule has 1 N–H and O–H groups in total. The minimum atomic E-state index is -0.249. The van der Waals surface area contributed by atoms with Crippen LogP contribution >= 0.6 is 0 Å². The maximum atomic E-state index is 12.5. The smallest absolute Gasteiger partial charge is 0.259 e. The van der Waals surface area contributed by atoms with Crippen LogP contribution in [0.4, 0.5) is 5.69 Å². The number of amides is 2. The number of methoxy groups -OCH3 is 1. The molecule has 0 spiro atoms. The summed E-state index contributed by atoms with van der Waals surface area (Å²) in [6.07, 6.45) is 4.33. The van der Waals surface area contributed by atoms with Gasteiger partial charge in [-0.15, -0.1) is 0 Å². The van der Waals surface area contributed by atoms with Crippen LogP contribution in [-0.2, 0) is 9.53 Å². The van der Waals surface area contributed by atoms with E-state index < -0.39 is 0 Å². The third-order valence-electron chi connectivity index (χ3n) is 4.66. The second kappa shape index (κ2) is 8.73. The Morgan fingerprint density at radius 2 is 2.04 bits per heavy atom. The van der Waals surface area contributed by atoms with Crippen molar-refractivity contribution in [2.24, 2.45) is 0 Å². The SMILES string of the molecule is COCC(=O)N1CCCCC1c1ncc(C(=O)Nc2ccccc2)c(C)n1. The van der Waals surface area contributed by atoms with E-state index in [0.717, 1.165) is 24.9 Å². The third-order valence-corrected chi connectivity index (χ3v) is 4.66. The molecule has 2 amide bonds. The molecule has 0 bridgehead atoms. The number of ether oxygens (including phenoxy) is 1. The van der Waals surface area contributed by atoms with E-state index in [2.05, 4.69) is 15.3 Å². The largest absolute Gasteiger partial charge is 0.375 e. The minimum Gasteiger partial charge on any atom is -0.375 e. The second-order valence-electron chi connectivity index (χ2n) is 6.58. The van der Waals surface area contributed by atoms with Crippen molar-refractivity contribution in [2.75, 3.05) is 25.6 Å². The van der Waals surface area contributed by atoms with E-state index >= 15 is 0 Å². The Bertz CT molecular complexity index is 810. The van der Waals surface area contributed by atoms with E-state index in [0.29, 0.717) is 23.6 Å². The molecule has 0 saturated carbocycles. The van der Waals surface area contributed by atoms with Crippen LogP contribution in [0.25, 0.3) is 0 Å². The van der Waals surface area contributed by atoms with Gasteiger partial charge in [-0.25, -0.2) is 9.97 Å². The molecule has 142 valence electrons. The molecule has 1 atom stereocenters. The maximum Gasteiger partial charge on any atom is 0.259 e. The van der Waals surface area contributed by atoms with Gasteiger partial charge >= 0.3 is 0 Å². The Balaban J connectivity index is 1.78. The molecule has 0 aliphatic carbocycles. The normalized spacial score (nSPS) is 16.8. The van der Waals surface area contributed by atoms with Gasteiger partial charge in [0.1, 0.15) is 6.61 Å². The average molecular weight is 368 g/mol. The summed E-state index contributed by atoms with van der Waals surface area (Å²) < 4.78 is 4.99. The number of piperidine rings is 1. The molecular weight excluding hydrogens is 344 g/mol. The van der Waals surface area contributed by atoms with Crippen LogP contribution in [0.1, 0.15) is 47.2 Å². The summed E-state index contributed by atoms with van der Waals surface area (Å²) in [7, 11) is 1.51. The van der Waals surface area contributed by atoms with Crippen molar-refractivity contribution in [3.8, 4) is 0 Å². The van der Waals surface area contributed by atoms with Crippen molar-refractivity contribution in [1.29, 1.82) is 0 Å². The predicted molar refractivity (Wildman–Crippen MR) is 101 cm³/mol. The fourth-order valence-corrected chi connectivity index (χ4v) is 3.29. The molecule has 3 rings (SSSR count). The van der Waals surface area contributed by atoms with E-state index in [1.54, 1.807) is 18.0 Å². The number of carbonyl (C=O) groups is 2. The lowest BCUT2D eigenvalue weighted by Gasteiger charge is -2.34. The number of nitrogens with one attached hydrogen (secondary N) is 1. The number of nitrogens with zero attached hydrogens (tertiary/aromatic N) is 3. The number of aryl methyl sites for hydroxylation is 1. The molecule has 1 aliphatic rings. The highest BCUT2D eigenvalue weighted by Crippen LogP contribution is 2.29. The molecule has 1 aliphatic heterocycles. The molecule has 1 aromatic heterocycles. The minimum absolute atomic E-state index is 0.0487. The van der Waals surface area contributed by atoms with Gasteiger partial charge in [-0.1, -0.05) is 18.2 Å². The second-order valence-corrected chi connectivity index (χ2v) is 6.58. The lowest BCUT2D eigenvalue weighted by atomic mass is 10.0. The third kappa shape index (κ3) is 4.49. The van der Waals surface area contributed by atoms with E-state index in [-0.39, 0.29) is 24.5 Å². The molecule has 1 saturated heterocycles. The lowest BCUT2D eigenvalue weighted by Crippen LogP contribution is -2.41. The van der Waals surface area contributed by atoms with Crippen LogP contribution in [0.5, 0.6) is 0 Å². The van der Waals surface area contributed by atoms with Crippen LogP contribution in [0, 0.1) is 6.92 Å². The summed E-state index contributed by atoms with van der Waals surface area (Å²) in [5, 5.41) is 2.84. The van der Waals surface area contributed by atoms with Crippen LogP contribution in [0.15, 0.2) is 36.5 Å². The maximum absolute atomic E-state index is 12.5. The van der Waals surface area contributed by atoms with Gasteiger partial charge in [0.05, 0.1) is 17.3 Å². The summed E-state index contributed by atoms with van der Waals surface area (Å²) in [5.41, 5.74) is 1.74. The zero-order valence-corrected chi connectivity index (χ0v) is 15.6. The number of anilines is 1. The first kappa shape index (κ1) is 19.0. The summed E-state index contributed by atoms with van der Waals surface area (Å²) in [6, 6.07) is 9.08. The molecule has 27 heavy (non-hydrogen) atoms. The van der Waals surface area contributed by atoms with Crippen LogP contribution in [0.3, 0.4) is 0 Å². The first-order valence-corrected chi connectivity index (χ1v) is 9.08. The highest BCUT2D eigenvalue weighted by atomic mass is 16.5. The number of para-hydroxylation sites is 1. The number of carbonyl (C=O) groups excluding carboxylic acids is 2. The van der Waals surface area contributed by atoms with Crippen molar-refractivity contribution in [2.45, 2.75) is 32.2 Å². The Morgan fingerprint density at radius 3 is 2.74 bits per heavy atom. The quantitative estimate of drug-likeness (QED) is 0.877. The van der Waals surface area contributed by atoms with Gasteiger partial charge in [-0.3, -0.25) is 9.59 Å². The first-order valence-electron chi connectivity index (χ1n) is 9.08. The highest BCUT2D eigenvalue weighted by molar-refractivity contribution is 6.04. The summed E-state index contributed by atoms with van der Waals surface area (Å²) in [4.78, 5) is 35.6. The zero-order chi connectivity index (χ0) is 19.2. The zero-order valence-electron chi connectivity index (χ0n) is 15.6. The monoisotopic (exact) mass is 368 g/mol. The standard InChI is InChI=1S/C20H24N4O3/c1-14-16(20(26)23-15-8-4-3-5-9-15)12-21-19(22-14)17-10-6-7-11-24(17)18(25)13-27-2/h3-5,8-9,12,17H,6-7,10-11,13H2,1-2H3,(H,23,26). The Hall–Kier alpha value is -2.80. The fourth-order valence-electron chi connectivity index (χ4n) is 3.29. The molecular formula is C20H24N4O3. The van der Waals surface area contributed by atoms with E-state index in [4.69, 9.17) is 4.74 Å².